The maximum Gasteiger partial charge on any atom is 0.0849 e. The van der Waals surface area contributed by atoms with E-state index in [1.165, 1.54) is 43.2 Å². The van der Waals surface area contributed by atoms with Crippen LogP contribution in [0.1, 0.15) is 115 Å². The molecule has 1 atom stereocenters. The van der Waals surface area contributed by atoms with E-state index < -0.39 is 0 Å². The van der Waals surface area contributed by atoms with Crippen LogP contribution >= 0.6 is 0 Å². The van der Waals surface area contributed by atoms with Crippen molar-refractivity contribution < 1.29 is 0 Å². The Hall–Kier alpha value is -2.29. The fourth-order valence-electron chi connectivity index (χ4n) is 4.80. The minimum absolute atomic E-state index is 0.363. The van der Waals surface area contributed by atoms with Gasteiger partial charge >= 0.3 is 0 Å². The summed E-state index contributed by atoms with van der Waals surface area (Å²) in [6.07, 6.45) is 6.70. The maximum atomic E-state index is 5.12. The summed E-state index contributed by atoms with van der Waals surface area (Å²) >= 11 is 0. The van der Waals surface area contributed by atoms with Crippen molar-refractivity contribution in [3.8, 4) is 0 Å². The molecular weight excluding hydrogens is 390 g/mol. The first-order valence-electron chi connectivity index (χ1n) is 12.5. The number of nitrogens with zero attached hydrogens (tertiary/aromatic N) is 3. The number of rotatable bonds is 7. The quantitative estimate of drug-likeness (QED) is 0.407. The molecule has 0 N–H and O–H groups in total. The summed E-state index contributed by atoms with van der Waals surface area (Å²) in [5.41, 5.74) is 7.57. The number of hydrogen-bond acceptors (Lipinski definition) is 3. The lowest BCUT2D eigenvalue weighted by molar-refractivity contribution is 0.318. The van der Waals surface area contributed by atoms with Crippen LogP contribution in [-0.4, -0.2) is 22.4 Å². The molecule has 0 unspecified atom stereocenters. The lowest BCUT2D eigenvalue weighted by atomic mass is 9.85. The number of para-hydroxylation sites is 1. The third kappa shape index (κ3) is 5.94. The first-order chi connectivity index (χ1) is 15.3. The first-order valence-corrected chi connectivity index (χ1v) is 12.5. The molecule has 0 saturated heterocycles. The van der Waals surface area contributed by atoms with Crippen LogP contribution in [0, 0.1) is 5.92 Å². The van der Waals surface area contributed by atoms with E-state index >= 15 is 0 Å². The number of pyridine rings is 1. The highest BCUT2D eigenvalue weighted by atomic mass is 14.9. The predicted molar refractivity (Wildman–Crippen MR) is 139 cm³/mol. The molecule has 3 nitrogen and oxygen atoms in total. The summed E-state index contributed by atoms with van der Waals surface area (Å²) in [5.74, 6) is 1.57. The maximum absolute atomic E-state index is 5.12. The van der Waals surface area contributed by atoms with Crippen LogP contribution in [0.5, 0.6) is 0 Å². The molecule has 1 aromatic carbocycles. The average Bonchev–Trinajstić information content (AvgIpc) is 2.79. The molecule has 0 spiro atoms. The summed E-state index contributed by atoms with van der Waals surface area (Å²) in [6.45, 7) is 15.4. The Bertz CT molecular complexity index is 936. The average molecular weight is 432 g/mol. The van der Waals surface area contributed by atoms with Gasteiger partial charge in [0, 0.05) is 0 Å². The van der Waals surface area contributed by atoms with E-state index in [2.05, 4.69) is 84.9 Å². The molecule has 3 rings (SSSR count). The zero-order chi connectivity index (χ0) is 23.3. The summed E-state index contributed by atoms with van der Waals surface area (Å²) in [7, 11) is 0. The van der Waals surface area contributed by atoms with E-state index in [1.54, 1.807) is 0 Å². The molecule has 0 radical (unpaired) electrons. The zero-order valence-electron chi connectivity index (χ0n) is 21.2. The predicted octanol–water partition coefficient (Wildman–Crippen LogP) is 8.25. The normalized spacial score (nSPS) is 17.3. The standard InChI is InChI=1S/C29H41N3/c1-19(2)25-15-11-16-26(20(3)4)29(25)31-23(7)28-18-12-17-27(32-28)22(6)30-21(5)24-13-9-8-10-14-24/h11-12,15-21,24H,8-10,13-14H2,1-7H3/t21-/m1/s1. The van der Waals surface area contributed by atoms with E-state index in [4.69, 9.17) is 15.0 Å². The van der Waals surface area contributed by atoms with Gasteiger partial charge < -0.3 is 0 Å². The SMILES string of the molecule is CC(=Nc1c(C(C)C)cccc1C(C)C)c1cccc(C(C)=N[C@H](C)C2CCCCC2)n1. The van der Waals surface area contributed by atoms with Crippen molar-refractivity contribution >= 4 is 17.1 Å². The highest BCUT2D eigenvalue weighted by Crippen LogP contribution is 2.35. The van der Waals surface area contributed by atoms with Crippen molar-refractivity contribution in [3.63, 3.8) is 0 Å². The molecule has 0 aliphatic heterocycles. The van der Waals surface area contributed by atoms with Gasteiger partial charge in [-0.1, -0.05) is 71.2 Å². The van der Waals surface area contributed by atoms with Crippen LogP contribution in [-0.2, 0) is 0 Å². The van der Waals surface area contributed by atoms with Crippen molar-refractivity contribution in [1.29, 1.82) is 0 Å². The van der Waals surface area contributed by atoms with E-state index in [9.17, 15) is 0 Å². The summed E-state index contributed by atoms with van der Waals surface area (Å²) < 4.78 is 0. The van der Waals surface area contributed by atoms with Crippen LogP contribution in [0.25, 0.3) is 0 Å². The van der Waals surface area contributed by atoms with Crippen LogP contribution in [0.2, 0.25) is 0 Å². The topological polar surface area (TPSA) is 37.6 Å². The van der Waals surface area contributed by atoms with Crippen molar-refractivity contribution in [2.24, 2.45) is 15.9 Å². The van der Waals surface area contributed by atoms with E-state index in [0.29, 0.717) is 23.8 Å². The number of aromatic nitrogens is 1. The second-order valence-corrected chi connectivity index (χ2v) is 10.1. The van der Waals surface area contributed by atoms with Gasteiger partial charge in [0.2, 0.25) is 0 Å². The van der Waals surface area contributed by atoms with Crippen molar-refractivity contribution in [2.45, 2.75) is 98.4 Å². The molecule has 1 heterocycles. The molecule has 0 amide bonds. The van der Waals surface area contributed by atoms with Gasteiger partial charge in [0.1, 0.15) is 0 Å². The molecule has 3 heteroatoms. The first kappa shape index (κ1) is 24.4. The Morgan fingerprint density at radius 2 is 1.31 bits per heavy atom. The fourth-order valence-corrected chi connectivity index (χ4v) is 4.80. The monoisotopic (exact) mass is 431 g/mol. The van der Waals surface area contributed by atoms with Crippen molar-refractivity contribution in [1.82, 2.24) is 4.98 Å². The molecule has 172 valence electrons. The molecule has 1 saturated carbocycles. The minimum Gasteiger partial charge on any atom is -0.284 e. The summed E-state index contributed by atoms with van der Waals surface area (Å²) in [4.78, 5) is 15.1. The van der Waals surface area contributed by atoms with Gasteiger partial charge in [-0.25, -0.2) is 4.98 Å². The van der Waals surface area contributed by atoms with Crippen molar-refractivity contribution in [2.75, 3.05) is 0 Å². The Morgan fingerprint density at radius 1 is 0.781 bits per heavy atom. The second kappa shape index (κ2) is 11.0. The van der Waals surface area contributed by atoms with Gasteiger partial charge in [0.05, 0.1) is 34.5 Å². The Balaban J connectivity index is 1.91. The summed E-state index contributed by atoms with van der Waals surface area (Å²) in [5, 5.41) is 0. The van der Waals surface area contributed by atoms with E-state index in [-0.39, 0.29) is 0 Å². The van der Waals surface area contributed by atoms with E-state index in [0.717, 1.165) is 28.5 Å². The van der Waals surface area contributed by atoms with Gasteiger partial charge in [-0.2, -0.15) is 0 Å². The van der Waals surface area contributed by atoms with Crippen LogP contribution < -0.4 is 0 Å². The molecule has 1 aliphatic carbocycles. The highest BCUT2D eigenvalue weighted by molar-refractivity contribution is 6.01. The van der Waals surface area contributed by atoms with Crippen LogP contribution in [0.15, 0.2) is 46.4 Å². The minimum atomic E-state index is 0.363. The van der Waals surface area contributed by atoms with Crippen molar-refractivity contribution in [3.05, 3.63) is 58.9 Å². The van der Waals surface area contributed by atoms with E-state index in [1.807, 2.05) is 0 Å². The largest absolute Gasteiger partial charge is 0.284 e. The molecule has 1 aliphatic rings. The third-order valence-corrected chi connectivity index (χ3v) is 6.84. The summed E-state index contributed by atoms with van der Waals surface area (Å²) in [6, 6.07) is 13.1. The van der Waals surface area contributed by atoms with Gasteiger partial charge in [0.25, 0.3) is 0 Å². The number of aliphatic imine (C=N–C) groups is 2. The molecule has 0 bridgehead atoms. The number of benzene rings is 1. The number of hydrogen-bond donors (Lipinski definition) is 0. The molecule has 1 fully saturated rings. The Labute approximate surface area is 195 Å². The lowest BCUT2D eigenvalue weighted by Crippen LogP contribution is -2.20. The molecule has 32 heavy (non-hydrogen) atoms. The van der Waals surface area contributed by atoms with Gasteiger partial charge in [-0.05, 0) is 74.6 Å². The second-order valence-electron chi connectivity index (χ2n) is 10.1. The highest BCUT2D eigenvalue weighted by Gasteiger charge is 2.20. The van der Waals surface area contributed by atoms with Gasteiger partial charge in [-0.3, -0.25) is 9.98 Å². The smallest absolute Gasteiger partial charge is 0.0849 e. The van der Waals surface area contributed by atoms with Crippen LogP contribution in [0.3, 0.4) is 0 Å². The van der Waals surface area contributed by atoms with Gasteiger partial charge in [-0.15, -0.1) is 0 Å². The molecular formula is C29H41N3. The Kier molecular flexibility index (Phi) is 8.39. The lowest BCUT2D eigenvalue weighted by Gasteiger charge is -2.25. The van der Waals surface area contributed by atoms with Gasteiger partial charge in [0.15, 0.2) is 0 Å². The molecule has 2 aromatic rings. The zero-order valence-corrected chi connectivity index (χ0v) is 21.2. The Morgan fingerprint density at radius 3 is 1.88 bits per heavy atom. The molecule has 1 aromatic heterocycles. The fraction of sp³-hybridized carbons (Fsp3) is 0.552. The third-order valence-electron chi connectivity index (χ3n) is 6.84. The van der Waals surface area contributed by atoms with Crippen LogP contribution in [0.4, 0.5) is 5.69 Å².